The third-order valence-electron chi connectivity index (χ3n) is 5.47. The monoisotopic (exact) mass is 332 g/mol. The third-order valence-corrected chi connectivity index (χ3v) is 5.47. The minimum absolute atomic E-state index is 0.00200. The van der Waals surface area contributed by atoms with Crippen LogP contribution in [0.5, 0.6) is 0 Å². The summed E-state index contributed by atoms with van der Waals surface area (Å²) >= 11 is 0. The number of rotatable bonds is 3. The van der Waals surface area contributed by atoms with E-state index in [9.17, 15) is 9.59 Å². The summed E-state index contributed by atoms with van der Waals surface area (Å²) in [5, 5.41) is 7.34. The van der Waals surface area contributed by atoms with Gasteiger partial charge in [-0.05, 0) is 44.4 Å². The molecule has 1 aromatic heterocycles. The molecule has 6 heteroatoms. The van der Waals surface area contributed by atoms with E-state index in [0.717, 1.165) is 43.8 Å². The van der Waals surface area contributed by atoms with Crippen LogP contribution in [0.3, 0.4) is 0 Å². The van der Waals surface area contributed by atoms with Crippen LogP contribution >= 0.6 is 0 Å². The highest BCUT2D eigenvalue weighted by molar-refractivity contribution is 5.80. The van der Waals surface area contributed by atoms with Crippen LogP contribution in [0.1, 0.15) is 45.4 Å². The smallest absolute Gasteiger partial charge is 0.268 e. The number of aromatic nitrogens is 2. The van der Waals surface area contributed by atoms with Crippen molar-refractivity contribution in [2.24, 2.45) is 18.9 Å². The normalized spacial score (nSPS) is 27.8. The summed E-state index contributed by atoms with van der Waals surface area (Å²) in [5.41, 5.74) is 0.706. The zero-order valence-electron chi connectivity index (χ0n) is 14.7. The number of aryl methyl sites for hydroxylation is 1. The number of piperidine rings is 1. The summed E-state index contributed by atoms with van der Waals surface area (Å²) in [5.74, 6) is 0.967. The minimum atomic E-state index is -0.115. The molecule has 0 spiro atoms. The first kappa shape index (κ1) is 17.0. The Kier molecular flexibility index (Phi) is 5.21. The van der Waals surface area contributed by atoms with Gasteiger partial charge in [0.05, 0.1) is 17.8 Å². The molecule has 24 heavy (non-hydrogen) atoms. The summed E-state index contributed by atoms with van der Waals surface area (Å²) in [4.78, 5) is 26.5. The number of hydrogen-bond donors (Lipinski definition) is 1. The maximum atomic E-state index is 12.6. The number of anilines is 1. The van der Waals surface area contributed by atoms with Gasteiger partial charge in [0.25, 0.3) is 5.56 Å². The fourth-order valence-electron chi connectivity index (χ4n) is 3.78. The molecule has 2 fully saturated rings. The number of hydrogen-bond acceptors (Lipinski definition) is 4. The van der Waals surface area contributed by atoms with Crippen molar-refractivity contribution in [1.82, 2.24) is 15.1 Å². The molecule has 1 aliphatic carbocycles. The van der Waals surface area contributed by atoms with Gasteiger partial charge in [0.15, 0.2) is 0 Å². The topological polar surface area (TPSA) is 67.2 Å². The summed E-state index contributed by atoms with van der Waals surface area (Å²) in [6.07, 6.45) is 8.22. The van der Waals surface area contributed by atoms with Crippen molar-refractivity contribution in [1.29, 1.82) is 0 Å². The Morgan fingerprint density at radius 1 is 1.25 bits per heavy atom. The number of amides is 1. The van der Waals surface area contributed by atoms with Gasteiger partial charge in [-0.3, -0.25) is 9.59 Å². The Hall–Kier alpha value is -1.85. The molecule has 1 aliphatic heterocycles. The molecule has 3 rings (SSSR count). The van der Waals surface area contributed by atoms with Gasteiger partial charge in [0.2, 0.25) is 5.91 Å². The molecule has 0 bridgehead atoms. The summed E-state index contributed by atoms with van der Waals surface area (Å²) < 4.78 is 1.32. The zero-order valence-corrected chi connectivity index (χ0v) is 14.7. The highest BCUT2D eigenvalue weighted by Crippen LogP contribution is 2.25. The van der Waals surface area contributed by atoms with Gasteiger partial charge in [-0.25, -0.2) is 4.68 Å². The average Bonchev–Trinajstić information content (AvgIpc) is 2.59. The number of carbonyl (C=O) groups is 1. The lowest BCUT2D eigenvalue weighted by molar-refractivity contribution is -0.126. The van der Waals surface area contributed by atoms with E-state index in [1.807, 2.05) is 0 Å². The second-order valence-corrected chi connectivity index (χ2v) is 7.43. The molecule has 1 saturated heterocycles. The second kappa shape index (κ2) is 7.36. The van der Waals surface area contributed by atoms with E-state index in [0.29, 0.717) is 12.6 Å². The molecule has 1 aromatic rings. The molecular weight excluding hydrogens is 304 g/mol. The van der Waals surface area contributed by atoms with Crippen molar-refractivity contribution in [3.8, 4) is 0 Å². The summed E-state index contributed by atoms with van der Waals surface area (Å²) in [7, 11) is 1.64. The zero-order chi connectivity index (χ0) is 17.1. The molecule has 1 atom stereocenters. The fraction of sp³-hybridized carbons (Fsp3) is 0.722. The standard InChI is InChI=1S/C18H28N4O2/c1-13-5-7-15(8-6-13)20-18(24)14-4-3-9-22(12-14)16-10-17(23)21(2)19-11-16/h10-11,13-15H,3-9,12H2,1-2H3,(H,20,24)/t13?,14-,15?/m1/s1. The Morgan fingerprint density at radius 3 is 2.71 bits per heavy atom. The van der Waals surface area contributed by atoms with E-state index in [2.05, 4.69) is 22.2 Å². The maximum absolute atomic E-state index is 12.6. The second-order valence-electron chi connectivity index (χ2n) is 7.43. The van der Waals surface area contributed by atoms with E-state index in [1.54, 1.807) is 19.3 Å². The highest BCUT2D eigenvalue weighted by Gasteiger charge is 2.28. The lowest BCUT2D eigenvalue weighted by Gasteiger charge is -2.35. The Labute approximate surface area is 143 Å². The van der Waals surface area contributed by atoms with Gasteiger partial charge in [-0.15, -0.1) is 0 Å². The van der Waals surface area contributed by atoms with Crippen molar-refractivity contribution >= 4 is 11.6 Å². The van der Waals surface area contributed by atoms with Crippen LogP contribution in [-0.2, 0) is 11.8 Å². The van der Waals surface area contributed by atoms with Crippen LogP contribution < -0.4 is 15.8 Å². The molecule has 1 saturated carbocycles. The SMILES string of the molecule is CC1CCC(NC(=O)[C@@H]2CCCN(c3cnn(C)c(=O)c3)C2)CC1. The van der Waals surface area contributed by atoms with Crippen LogP contribution in [0, 0.1) is 11.8 Å². The Bertz CT molecular complexity index is 634. The average molecular weight is 332 g/mol. The lowest BCUT2D eigenvalue weighted by Crippen LogP contribution is -2.47. The van der Waals surface area contributed by atoms with E-state index < -0.39 is 0 Å². The van der Waals surface area contributed by atoms with Crippen molar-refractivity contribution in [3.63, 3.8) is 0 Å². The number of nitrogens with zero attached hydrogens (tertiary/aromatic N) is 3. The van der Waals surface area contributed by atoms with E-state index in [-0.39, 0.29) is 17.4 Å². The van der Waals surface area contributed by atoms with Crippen molar-refractivity contribution in [3.05, 3.63) is 22.6 Å². The molecule has 2 heterocycles. The molecule has 0 radical (unpaired) electrons. The molecule has 0 aromatic carbocycles. The summed E-state index contributed by atoms with van der Waals surface area (Å²) in [6.45, 7) is 3.83. The van der Waals surface area contributed by atoms with Gasteiger partial charge in [0.1, 0.15) is 0 Å². The molecule has 132 valence electrons. The first-order valence-corrected chi connectivity index (χ1v) is 9.11. The molecule has 6 nitrogen and oxygen atoms in total. The maximum Gasteiger partial charge on any atom is 0.268 e. The molecule has 1 amide bonds. The van der Waals surface area contributed by atoms with Gasteiger partial charge >= 0.3 is 0 Å². The number of carbonyl (C=O) groups excluding carboxylic acids is 1. The highest BCUT2D eigenvalue weighted by atomic mass is 16.2. The Balaban J connectivity index is 1.59. The molecule has 0 unspecified atom stereocenters. The van der Waals surface area contributed by atoms with Gasteiger partial charge in [0, 0.05) is 32.2 Å². The lowest BCUT2D eigenvalue weighted by atomic mass is 9.87. The van der Waals surface area contributed by atoms with Crippen LogP contribution in [0.25, 0.3) is 0 Å². The molecule has 2 aliphatic rings. The van der Waals surface area contributed by atoms with Crippen molar-refractivity contribution < 1.29 is 4.79 Å². The number of nitrogens with one attached hydrogen (secondary N) is 1. The predicted octanol–water partition coefficient (Wildman–Crippen LogP) is 1.69. The fourth-order valence-corrected chi connectivity index (χ4v) is 3.78. The van der Waals surface area contributed by atoms with Crippen LogP contribution in [0.2, 0.25) is 0 Å². The van der Waals surface area contributed by atoms with Crippen LogP contribution in [0.15, 0.2) is 17.1 Å². The van der Waals surface area contributed by atoms with E-state index >= 15 is 0 Å². The van der Waals surface area contributed by atoms with Gasteiger partial charge in [-0.2, -0.15) is 5.10 Å². The van der Waals surface area contributed by atoms with E-state index in [1.165, 1.54) is 17.5 Å². The third kappa shape index (κ3) is 3.97. The molecular formula is C18H28N4O2. The molecule has 1 N–H and O–H groups in total. The van der Waals surface area contributed by atoms with Crippen molar-refractivity contribution in [2.75, 3.05) is 18.0 Å². The summed E-state index contributed by atoms with van der Waals surface area (Å²) in [6, 6.07) is 1.95. The van der Waals surface area contributed by atoms with E-state index in [4.69, 9.17) is 0 Å². The largest absolute Gasteiger partial charge is 0.369 e. The predicted molar refractivity (Wildman–Crippen MR) is 94.0 cm³/mol. The quantitative estimate of drug-likeness (QED) is 0.915. The first-order valence-electron chi connectivity index (χ1n) is 9.11. The van der Waals surface area contributed by atoms with Crippen LogP contribution in [0.4, 0.5) is 5.69 Å². The Morgan fingerprint density at radius 2 is 2.00 bits per heavy atom. The van der Waals surface area contributed by atoms with Gasteiger partial charge < -0.3 is 10.2 Å². The first-order chi connectivity index (χ1) is 11.5. The van der Waals surface area contributed by atoms with Gasteiger partial charge in [-0.1, -0.05) is 6.92 Å². The van der Waals surface area contributed by atoms with Crippen LogP contribution in [-0.4, -0.2) is 34.8 Å². The minimum Gasteiger partial charge on any atom is -0.369 e. The van der Waals surface area contributed by atoms with Crippen molar-refractivity contribution in [2.45, 2.75) is 51.5 Å².